The summed E-state index contributed by atoms with van der Waals surface area (Å²) >= 11 is 0. The number of imidazole rings is 1. The fourth-order valence-electron chi connectivity index (χ4n) is 1.30. The number of H-pyrrole nitrogens is 1. The van der Waals surface area contributed by atoms with E-state index in [-0.39, 0.29) is 5.78 Å². The Morgan fingerprint density at radius 1 is 1.50 bits per heavy atom. The van der Waals surface area contributed by atoms with Gasteiger partial charge in [0.1, 0.15) is 0 Å². The van der Waals surface area contributed by atoms with E-state index < -0.39 is 0 Å². The molecule has 0 bridgehead atoms. The molecule has 0 fully saturated rings. The number of benzene rings is 1. The van der Waals surface area contributed by atoms with Gasteiger partial charge in [-0.3, -0.25) is 4.79 Å². The van der Waals surface area contributed by atoms with Crippen LogP contribution in [0.1, 0.15) is 17.3 Å². The molecule has 1 aromatic carbocycles. The monoisotopic (exact) mass is 190 g/mol. The average molecular weight is 190 g/mol. The Morgan fingerprint density at radius 3 is 2.93 bits per heavy atom. The molecular weight excluding hydrogens is 180 g/mol. The van der Waals surface area contributed by atoms with Gasteiger partial charge in [0.15, 0.2) is 5.78 Å². The SMILES string of the molecule is COc1nc2ccc(C(C)=O)cc2[nH]1. The maximum atomic E-state index is 11.1. The lowest BCUT2D eigenvalue weighted by Gasteiger charge is -1.93. The van der Waals surface area contributed by atoms with Crippen molar-refractivity contribution in [1.82, 2.24) is 9.97 Å². The number of carbonyl (C=O) groups excluding carboxylic acids is 1. The van der Waals surface area contributed by atoms with Gasteiger partial charge in [0.2, 0.25) is 0 Å². The van der Waals surface area contributed by atoms with Gasteiger partial charge in [-0.1, -0.05) is 0 Å². The largest absolute Gasteiger partial charge is 0.468 e. The number of nitrogens with zero attached hydrogens (tertiary/aromatic N) is 1. The molecule has 4 heteroatoms. The van der Waals surface area contributed by atoms with Crippen LogP contribution in [0.5, 0.6) is 6.01 Å². The van der Waals surface area contributed by atoms with Crippen molar-refractivity contribution in [2.24, 2.45) is 0 Å². The van der Waals surface area contributed by atoms with Crippen molar-refractivity contribution >= 4 is 16.8 Å². The number of carbonyl (C=O) groups is 1. The van der Waals surface area contributed by atoms with Crippen LogP contribution in [0.15, 0.2) is 18.2 Å². The van der Waals surface area contributed by atoms with E-state index in [2.05, 4.69) is 9.97 Å². The van der Waals surface area contributed by atoms with Gasteiger partial charge >= 0.3 is 0 Å². The zero-order valence-electron chi connectivity index (χ0n) is 8.00. The van der Waals surface area contributed by atoms with Crippen molar-refractivity contribution in [2.45, 2.75) is 6.92 Å². The fourth-order valence-corrected chi connectivity index (χ4v) is 1.30. The Bertz CT molecular complexity index is 488. The summed E-state index contributed by atoms with van der Waals surface area (Å²) < 4.78 is 4.95. The van der Waals surface area contributed by atoms with E-state index in [1.54, 1.807) is 25.3 Å². The Labute approximate surface area is 80.9 Å². The molecule has 0 spiro atoms. The number of aromatic amines is 1. The molecule has 0 amide bonds. The van der Waals surface area contributed by atoms with Crippen LogP contribution in [0.4, 0.5) is 0 Å². The first-order valence-electron chi connectivity index (χ1n) is 4.25. The third-order valence-electron chi connectivity index (χ3n) is 2.06. The molecule has 2 aromatic rings. The molecule has 2 rings (SSSR count). The van der Waals surface area contributed by atoms with Crippen molar-refractivity contribution in [3.63, 3.8) is 0 Å². The molecule has 14 heavy (non-hydrogen) atoms. The summed E-state index contributed by atoms with van der Waals surface area (Å²) in [7, 11) is 1.55. The summed E-state index contributed by atoms with van der Waals surface area (Å²) in [6.07, 6.45) is 0. The van der Waals surface area contributed by atoms with E-state index in [0.29, 0.717) is 11.6 Å². The average Bonchev–Trinajstić information content (AvgIpc) is 2.58. The van der Waals surface area contributed by atoms with Crippen LogP contribution in [0, 0.1) is 0 Å². The van der Waals surface area contributed by atoms with Crippen LogP contribution in [0.25, 0.3) is 11.0 Å². The van der Waals surface area contributed by atoms with Crippen molar-refractivity contribution in [2.75, 3.05) is 7.11 Å². The van der Waals surface area contributed by atoms with E-state index in [9.17, 15) is 4.79 Å². The second-order valence-electron chi connectivity index (χ2n) is 3.03. The van der Waals surface area contributed by atoms with Crippen molar-refractivity contribution in [3.8, 4) is 6.01 Å². The Morgan fingerprint density at radius 2 is 2.29 bits per heavy atom. The van der Waals surface area contributed by atoms with Gasteiger partial charge < -0.3 is 9.72 Å². The third kappa shape index (κ3) is 1.35. The molecule has 1 N–H and O–H groups in total. The normalized spacial score (nSPS) is 10.4. The van der Waals surface area contributed by atoms with Crippen molar-refractivity contribution in [3.05, 3.63) is 23.8 Å². The van der Waals surface area contributed by atoms with Crippen molar-refractivity contribution < 1.29 is 9.53 Å². The summed E-state index contributed by atoms with van der Waals surface area (Å²) in [4.78, 5) is 18.2. The summed E-state index contributed by atoms with van der Waals surface area (Å²) in [5.41, 5.74) is 2.28. The fraction of sp³-hybridized carbons (Fsp3) is 0.200. The molecule has 1 aromatic heterocycles. The molecule has 4 nitrogen and oxygen atoms in total. The lowest BCUT2D eigenvalue weighted by atomic mass is 10.1. The number of rotatable bonds is 2. The van der Waals surface area contributed by atoms with Gasteiger partial charge in [-0.2, -0.15) is 4.98 Å². The minimum atomic E-state index is 0.0421. The highest BCUT2D eigenvalue weighted by molar-refractivity contribution is 5.97. The minimum absolute atomic E-state index is 0.0421. The second kappa shape index (κ2) is 3.14. The van der Waals surface area contributed by atoms with Gasteiger partial charge in [-0.25, -0.2) is 0 Å². The summed E-state index contributed by atoms with van der Waals surface area (Å²) in [5, 5.41) is 0. The van der Waals surface area contributed by atoms with E-state index in [4.69, 9.17) is 4.74 Å². The minimum Gasteiger partial charge on any atom is -0.468 e. The molecule has 0 unspecified atom stereocenters. The van der Waals surface area contributed by atoms with E-state index in [0.717, 1.165) is 11.0 Å². The highest BCUT2D eigenvalue weighted by atomic mass is 16.5. The molecule has 0 aliphatic heterocycles. The van der Waals surface area contributed by atoms with Gasteiger partial charge in [0, 0.05) is 5.56 Å². The van der Waals surface area contributed by atoms with Gasteiger partial charge in [0.25, 0.3) is 6.01 Å². The van der Waals surface area contributed by atoms with E-state index in [1.165, 1.54) is 6.92 Å². The summed E-state index contributed by atoms with van der Waals surface area (Å²) in [6, 6.07) is 5.78. The number of Topliss-reactive ketones (excluding diaryl/α,β-unsaturated/α-hetero) is 1. The molecule has 0 atom stereocenters. The highest BCUT2D eigenvalue weighted by Gasteiger charge is 2.05. The van der Waals surface area contributed by atoms with Crippen LogP contribution in [0.3, 0.4) is 0 Å². The van der Waals surface area contributed by atoms with Crippen LogP contribution >= 0.6 is 0 Å². The molecule has 72 valence electrons. The van der Waals surface area contributed by atoms with E-state index in [1.807, 2.05) is 0 Å². The number of ether oxygens (including phenoxy) is 1. The van der Waals surface area contributed by atoms with Crippen LogP contribution in [-0.4, -0.2) is 22.9 Å². The number of fused-ring (bicyclic) bond motifs is 1. The first kappa shape index (κ1) is 8.74. The number of nitrogens with one attached hydrogen (secondary N) is 1. The molecule has 0 saturated carbocycles. The predicted octanol–water partition coefficient (Wildman–Crippen LogP) is 1.77. The smallest absolute Gasteiger partial charge is 0.294 e. The topological polar surface area (TPSA) is 55.0 Å². The van der Waals surface area contributed by atoms with Gasteiger partial charge in [-0.05, 0) is 25.1 Å². The van der Waals surface area contributed by atoms with Crippen LogP contribution in [-0.2, 0) is 0 Å². The Hall–Kier alpha value is -1.84. The van der Waals surface area contributed by atoms with Gasteiger partial charge in [0.05, 0.1) is 18.1 Å². The van der Waals surface area contributed by atoms with Crippen LogP contribution in [0.2, 0.25) is 0 Å². The molecule has 0 aliphatic rings. The van der Waals surface area contributed by atoms with Crippen LogP contribution < -0.4 is 4.74 Å². The van der Waals surface area contributed by atoms with Crippen molar-refractivity contribution in [1.29, 1.82) is 0 Å². The third-order valence-corrected chi connectivity index (χ3v) is 2.06. The Kier molecular flexibility index (Phi) is 1.96. The molecule has 0 saturated heterocycles. The summed E-state index contributed by atoms with van der Waals surface area (Å²) in [6.45, 7) is 1.54. The Balaban J connectivity index is 2.59. The quantitative estimate of drug-likeness (QED) is 0.734. The maximum absolute atomic E-state index is 11.1. The first-order valence-corrected chi connectivity index (χ1v) is 4.25. The summed E-state index contributed by atoms with van der Waals surface area (Å²) in [5.74, 6) is 0.0421. The first-order chi connectivity index (χ1) is 6.70. The standard InChI is InChI=1S/C10H10N2O2/c1-6(13)7-3-4-8-9(5-7)12-10(11-8)14-2/h3-5H,1-2H3,(H,11,12). The lowest BCUT2D eigenvalue weighted by molar-refractivity contribution is 0.101. The molecular formula is C10H10N2O2. The lowest BCUT2D eigenvalue weighted by Crippen LogP contribution is -1.90. The molecule has 0 radical (unpaired) electrons. The van der Waals surface area contributed by atoms with E-state index >= 15 is 0 Å². The molecule has 1 heterocycles. The second-order valence-corrected chi connectivity index (χ2v) is 3.03. The molecule has 0 aliphatic carbocycles. The number of hydrogen-bond donors (Lipinski definition) is 1. The van der Waals surface area contributed by atoms with Gasteiger partial charge in [-0.15, -0.1) is 0 Å². The zero-order chi connectivity index (χ0) is 10.1. The number of hydrogen-bond acceptors (Lipinski definition) is 3. The predicted molar refractivity (Wildman–Crippen MR) is 52.7 cm³/mol. The zero-order valence-corrected chi connectivity index (χ0v) is 8.00. The maximum Gasteiger partial charge on any atom is 0.294 e. The highest BCUT2D eigenvalue weighted by Crippen LogP contribution is 2.17. The number of methoxy groups -OCH3 is 1. The number of aromatic nitrogens is 2. The number of ketones is 1.